The molecule has 1 aliphatic rings. The highest BCUT2D eigenvalue weighted by molar-refractivity contribution is 6.10. The zero-order valence-electron chi connectivity index (χ0n) is 19.7. The van der Waals surface area contributed by atoms with Crippen LogP contribution in [0.1, 0.15) is 31.8 Å². The fraction of sp³-hybridized carbons (Fsp3) is 0.185. The molecule has 0 unspecified atom stereocenters. The van der Waals surface area contributed by atoms with Gasteiger partial charge in [-0.05, 0) is 60.7 Å². The third kappa shape index (κ3) is 4.77. The molecular formula is C27H24O8. The first-order valence-corrected chi connectivity index (χ1v) is 10.6. The van der Waals surface area contributed by atoms with E-state index in [1.807, 2.05) is 0 Å². The highest BCUT2D eigenvalue weighted by Crippen LogP contribution is 2.39. The molecule has 8 nitrogen and oxygen atoms in total. The van der Waals surface area contributed by atoms with Crippen LogP contribution in [0.5, 0.6) is 34.5 Å². The number of ether oxygens (including phenoxy) is 6. The second-order valence-electron chi connectivity index (χ2n) is 7.47. The first kappa shape index (κ1) is 23.7. The first-order chi connectivity index (χ1) is 17.0. The molecule has 3 aromatic rings. The number of carbonyl (C=O) groups is 2. The lowest BCUT2D eigenvalue weighted by Gasteiger charge is -2.14. The molecule has 0 N–H and O–H groups in total. The topological polar surface area (TPSA) is 89.5 Å². The normalized spacial score (nSPS) is 11.9. The summed E-state index contributed by atoms with van der Waals surface area (Å²) >= 11 is 0. The van der Waals surface area contributed by atoms with Crippen molar-refractivity contribution in [2.24, 2.45) is 0 Å². The van der Waals surface area contributed by atoms with Crippen molar-refractivity contribution in [2.45, 2.75) is 0 Å². The molecule has 0 fully saturated rings. The minimum Gasteiger partial charge on any atom is -0.496 e. The van der Waals surface area contributed by atoms with E-state index in [0.717, 1.165) is 0 Å². The lowest BCUT2D eigenvalue weighted by molar-refractivity contribution is 0.103. The number of ketones is 2. The maximum absolute atomic E-state index is 13.3. The van der Waals surface area contributed by atoms with Gasteiger partial charge in [-0.2, -0.15) is 0 Å². The molecule has 1 aliphatic heterocycles. The second kappa shape index (κ2) is 10.2. The fourth-order valence-corrected chi connectivity index (χ4v) is 3.70. The van der Waals surface area contributed by atoms with Crippen molar-refractivity contribution in [3.8, 4) is 34.5 Å². The number of benzene rings is 3. The molecule has 0 bridgehead atoms. The van der Waals surface area contributed by atoms with Crippen molar-refractivity contribution in [1.82, 2.24) is 0 Å². The standard InChI is InChI=1S/C27H24O8/c1-30-21-9-7-18(26(29)19-13-24(31-2)27(33-4)25(14-19)32-3)11-17(21)5-8-20(28)16-6-10-22-23(12-16)35-15-34-22/h5-14H,15H2,1-4H3/b8-5+. The number of carbonyl (C=O) groups excluding carboxylic acids is 2. The molecule has 0 aliphatic carbocycles. The van der Waals surface area contributed by atoms with Gasteiger partial charge in [-0.15, -0.1) is 0 Å². The van der Waals surface area contributed by atoms with Gasteiger partial charge in [0, 0.05) is 22.3 Å². The molecule has 0 amide bonds. The highest BCUT2D eigenvalue weighted by Gasteiger charge is 2.19. The van der Waals surface area contributed by atoms with Gasteiger partial charge in [0.25, 0.3) is 0 Å². The van der Waals surface area contributed by atoms with Crippen molar-refractivity contribution in [3.63, 3.8) is 0 Å². The van der Waals surface area contributed by atoms with Crippen LogP contribution in [0.3, 0.4) is 0 Å². The lowest BCUT2D eigenvalue weighted by Crippen LogP contribution is -2.05. The van der Waals surface area contributed by atoms with Crippen LogP contribution in [-0.4, -0.2) is 46.8 Å². The van der Waals surface area contributed by atoms with Crippen LogP contribution in [0.4, 0.5) is 0 Å². The van der Waals surface area contributed by atoms with E-state index in [1.165, 1.54) is 34.5 Å². The van der Waals surface area contributed by atoms with Crippen molar-refractivity contribution < 1.29 is 38.0 Å². The summed E-state index contributed by atoms with van der Waals surface area (Å²) in [5.41, 5.74) is 1.78. The summed E-state index contributed by atoms with van der Waals surface area (Å²) < 4.78 is 32.1. The van der Waals surface area contributed by atoms with Crippen LogP contribution in [0, 0.1) is 0 Å². The number of hydrogen-bond acceptors (Lipinski definition) is 8. The number of rotatable bonds is 9. The maximum Gasteiger partial charge on any atom is 0.231 e. The number of fused-ring (bicyclic) bond motifs is 1. The molecule has 0 spiro atoms. The van der Waals surface area contributed by atoms with Crippen LogP contribution in [-0.2, 0) is 0 Å². The van der Waals surface area contributed by atoms with Crippen molar-refractivity contribution in [2.75, 3.05) is 35.2 Å². The van der Waals surface area contributed by atoms with E-state index >= 15 is 0 Å². The van der Waals surface area contributed by atoms with E-state index in [0.29, 0.717) is 56.8 Å². The Morgan fingerprint density at radius 1 is 0.714 bits per heavy atom. The monoisotopic (exact) mass is 476 g/mol. The largest absolute Gasteiger partial charge is 0.496 e. The van der Waals surface area contributed by atoms with Crippen LogP contribution in [0.25, 0.3) is 6.08 Å². The van der Waals surface area contributed by atoms with Crippen LogP contribution < -0.4 is 28.4 Å². The van der Waals surface area contributed by atoms with Crippen LogP contribution >= 0.6 is 0 Å². The number of hydrogen-bond donors (Lipinski definition) is 0. The van der Waals surface area contributed by atoms with Gasteiger partial charge < -0.3 is 28.4 Å². The van der Waals surface area contributed by atoms with Crippen LogP contribution in [0.15, 0.2) is 54.6 Å². The van der Waals surface area contributed by atoms with Gasteiger partial charge in [-0.25, -0.2) is 0 Å². The summed E-state index contributed by atoms with van der Waals surface area (Å²) in [7, 11) is 5.99. The molecule has 8 heteroatoms. The molecule has 35 heavy (non-hydrogen) atoms. The van der Waals surface area contributed by atoms with E-state index in [9.17, 15) is 9.59 Å². The fourth-order valence-electron chi connectivity index (χ4n) is 3.70. The van der Waals surface area contributed by atoms with E-state index in [2.05, 4.69) is 0 Å². The second-order valence-corrected chi connectivity index (χ2v) is 7.47. The summed E-state index contributed by atoms with van der Waals surface area (Å²) in [6.07, 6.45) is 3.03. The molecule has 0 radical (unpaired) electrons. The summed E-state index contributed by atoms with van der Waals surface area (Å²) in [5.74, 6) is 2.30. The van der Waals surface area contributed by atoms with Crippen molar-refractivity contribution >= 4 is 17.6 Å². The summed E-state index contributed by atoms with van der Waals surface area (Å²) in [6.45, 7) is 0.132. The summed E-state index contributed by atoms with van der Waals surface area (Å²) in [4.78, 5) is 26.0. The van der Waals surface area contributed by atoms with Gasteiger partial charge in [0.1, 0.15) is 5.75 Å². The average Bonchev–Trinajstić information content (AvgIpc) is 3.38. The van der Waals surface area contributed by atoms with Crippen LogP contribution in [0.2, 0.25) is 0 Å². The van der Waals surface area contributed by atoms with E-state index in [1.54, 1.807) is 54.6 Å². The Labute approximate surface area is 202 Å². The van der Waals surface area contributed by atoms with Gasteiger partial charge in [0.15, 0.2) is 34.6 Å². The molecule has 4 rings (SSSR count). The predicted molar refractivity (Wildman–Crippen MR) is 128 cm³/mol. The SMILES string of the molecule is COc1ccc(C(=O)c2cc(OC)c(OC)c(OC)c2)cc1/C=C/C(=O)c1ccc2c(c1)OCO2. The zero-order valence-corrected chi connectivity index (χ0v) is 19.7. The molecule has 180 valence electrons. The smallest absolute Gasteiger partial charge is 0.231 e. The van der Waals surface area contributed by atoms with Gasteiger partial charge in [0.05, 0.1) is 28.4 Å². The van der Waals surface area contributed by atoms with E-state index < -0.39 is 0 Å². The van der Waals surface area contributed by atoms with E-state index in [-0.39, 0.29) is 18.4 Å². The Balaban J connectivity index is 1.64. The Morgan fingerprint density at radius 3 is 2.03 bits per heavy atom. The van der Waals surface area contributed by atoms with Crippen molar-refractivity contribution in [3.05, 3.63) is 76.9 Å². The minimum absolute atomic E-state index is 0.132. The lowest BCUT2D eigenvalue weighted by atomic mass is 9.99. The molecule has 0 aromatic heterocycles. The number of allylic oxidation sites excluding steroid dienone is 1. The maximum atomic E-state index is 13.3. The van der Waals surface area contributed by atoms with Gasteiger partial charge in [0.2, 0.25) is 12.5 Å². The molecule has 0 saturated carbocycles. The Hall–Kier alpha value is -4.46. The molecular weight excluding hydrogens is 452 g/mol. The summed E-state index contributed by atoms with van der Waals surface area (Å²) in [6, 6.07) is 13.2. The third-order valence-electron chi connectivity index (χ3n) is 5.49. The van der Waals surface area contributed by atoms with E-state index in [4.69, 9.17) is 28.4 Å². The quantitative estimate of drug-likeness (QED) is 0.328. The third-order valence-corrected chi connectivity index (χ3v) is 5.49. The van der Waals surface area contributed by atoms with Gasteiger partial charge in [-0.3, -0.25) is 9.59 Å². The highest BCUT2D eigenvalue weighted by atomic mass is 16.7. The molecule has 1 heterocycles. The molecule has 3 aromatic carbocycles. The van der Waals surface area contributed by atoms with Gasteiger partial charge >= 0.3 is 0 Å². The Morgan fingerprint density at radius 2 is 1.37 bits per heavy atom. The van der Waals surface area contributed by atoms with Gasteiger partial charge in [-0.1, -0.05) is 0 Å². The average molecular weight is 476 g/mol. The summed E-state index contributed by atoms with van der Waals surface area (Å²) in [5, 5.41) is 0. The van der Waals surface area contributed by atoms with Crippen molar-refractivity contribution in [1.29, 1.82) is 0 Å². The number of methoxy groups -OCH3 is 4. The molecule has 0 atom stereocenters. The Bertz CT molecular complexity index is 1280. The zero-order chi connectivity index (χ0) is 24.9. The first-order valence-electron chi connectivity index (χ1n) is 10.6. The minimum atomic E-state index is -0.261. The Kier molecular flexibility index (Phi) is 6.91. The molecule has 0 saturated heterocycles. The predicted octanol–water partition coefficient (Wildman–Crippen LogP) is 4.58.